The van der Waals surface area contributed by atoms with Crippen molar-refractivity contribution in [3.63, 3.8) is 0 Å². The molecule has 3 heterocycles. The van der Waals surface area contributed by atoms with Gasteiger partial charge in [0.2, 0.25) is 0 Å². The van der Waals surface area contributed by atoms with Crippen LogP contribution in [0.5, 0.6) is 5.75 Å². The molecule has 36 heavy (non-hydrogen) atoms. The number of carbonyl (C=O) groups excluding carboxylic acids is 1. The van der Waals surface area contributed by atoms with Gasteiger partial charge in [0.1, 0.15) is 18.0 Å². The summed E-state index contributed by atoms with van der Waals surface area (Å²) in [6.45, 7) is 2.73. The van der Waals surface area contributed by atoms with E-state index in [2.05, 4.69) is 46.4 Å². The van der Waals surface area contributed by atoms with E-state index in [1.165, 1.54) is 5.56 Å². The molecular weight excluding hydrogens is 450 g/mol. The predicted molar refractivity (Wildman–Crippen MR) is 140 cm³/mol. The maximum absolute atomic E-state index is 13.2. The standard InChI is InChI=1S/C30H31N3O3/c1-33-15-12-24(13-16-33)36-23-9-7-22(8-10-23)29-26-18-20(6-11-27(26)31-32-29)19-28(34)30-25-5-3-2-4-21(25)14-17-35-30/h2-11,18,24,30H,12-17,19H2,1H3,(H,31,32). The van der Waals surface area contributed by atoms with Gasteiger partial charge in [-0.15, -0.1) is 0 Å². The molecule has 0 spiro atoms. The van der Waals surface area contributed by atoms with Gasteiger partial charge in [-0.25, -0.2) is 0 Å². The molecule has 0 bridgehead atoms. The summed E-state index contributed by atoms with van der Waals surface area (Å²) in [5, 5.41) is 8.72. The summed E-state index contributed by atoms with van der Waals surface area (Å²) in [6, 6.07) is 22.3. The molecule has 2 aliphatic heterocycles. The second-order valence-corrected chi connectivity index (χ2v) is 9.94. The van der Waals surface area contributed by atoms with E-state index in [0.29, 0.717) is 13.0 Å². The van der Waals surface area contributed by atoms with E-state index in [0.717, 1.165) is 71.4 Å². The minimum absolute atomic E-state index is 0.0851. The second kappa shape index (κ2) is 9.88. The highest BCUT2D eigenvalue weighted by Crippen LogP contribution is 2.31. The van der Waals surface area contributed by atoms with Crippen LogP contribution in [0.15, 0.2) is 66.7 Å². The highest BCUT2D eigenvalue weighted by Gasteiger charge is 2.27. The minimum Gasteiger partial charge on any atom is -0.490 e. The minimum atomic E-state index is -0.494. The van der Waals surface area contributed by atoms with E-state index >= 15 is 0 Å². The lowest BCUT2D eigenvalue weighted by molar-refractivity contribution is -0.131. The van der Waals surface area contributed by atoms with E-state index in [1.807, 2.05) is 42.5 Å². The van der Waals surface area contributed by atoms with Gasteiger partial charge in [-0.1, -0.05) is 30.3 Å². The van der Waals surface area contributed by atoms with Crippen LogP contribution < -0.4 is 4.74 Å². The zero-order valence-electron chi connectivity index (χ0n) is 20.6. The van der Waals surface area contributed by atoms with Crippen molar-refractivity contribution < 1.29 is 14.3 Å². The molecule has 6 heteroatoms. The summed E-state index contributed by atoms with van der Waals surface area (Å²) >= 11 is 0. The van der Waals surface area contributed by atoms with Crippen molar-refractivity contribution in [2.45, 2.75) is 37.9 Å². The molecule has 0 amide bonds. The molecule has 6 nitrogen and oxygen atoms in total. The van der Waals surface area contributed by atoms with E-state index in [1.54, 1.807) is 0 Å². The number of Topliss-reactive ketones (excluding diaryl/α,β-unsaturated/α-hetero) is 1. The lowest BCUT2D eigenvalue weighted by Crippen LogP contribution is -2.35. The number of hydrogen-bond acceptors (Lipinski definition) is 5. The number of nitrogens with zero attached hydrogens (tertiary/aromatic N) is 2. The molecular formula is C30H31N3O3. The lowest BCUT2D eigenvalue weighted by Gasteiger charge is -2.29. The van der Waals surface area contributed by atoms with Crippen LogP contribution >= 0.6 is 0 Å². The number of nitrogens with one attached hydrogen (secondary N) is 1. The van der Waals surface area contributed by atoms with E-state index < -0.39 is 6.10 Å². The Labute approximate surface area is 211 Å². The van der Waals surface area contributed by atoms with Crippen molar-refractivity contribution in [3.8, 4) is 17.0 Å². The van der Waals surface area contributed by atoms with Crippen molar-refractivity contribution in [2.24, 2.45) is 0 Å². The SMILES string of the molecule is CN1CCC(Oc2ccc(-c3n[nH]c4ccc(CC(=O)C5OCCc6ccccc65)cc34)cc2)CC1. The van der Waals surface area contributed by atoms with Crippen LogP contribution in [0, 0.1) is 0 Å². The number of aromatic amines is 1. The fourth-order valence-corrected chi connectivity index (χ4v) is 5.33. The Balaban J connectivity index is 1.19. The normalized spacial score (nSPS) is 18.8. The maximum Gasteiger partial charge on any atom is 0.170 e. The van der Waals surface area contributed by atoms with Crippen LogP contribution in [0.1, 0.15) is 35.6 Å². The number of H-pyrrole nitrogens is 1. The maximum atomic E-state index is 13.2. The molecule has 184 valence electrons. The summed E-state index contributed by atoms with van der Waals surface area (Å²) in [5.41, 5.74) is 6.02. The van der Waals surface area contributed by atoms with Crippen LogP contribution in [-0.2, 0) is 22.4 Å². The summed E-state index contributed by atoms with van der Waals surface area (Å²) in [5.74, 6) is 0.981. The number of fused-ring (bicyclic) bond motifs is 2. The first-order valence-corrected chi connectivity index (χ1v) is 12.8. The van der Waals surface area contributed by atoms with Gasteiger partial charge in [0.05, 0.1) is 17.8 Å². The quantitative estimate of drug-likeness (QED) is 0.414. The van der Waals surface area contributed by atoms with E-state index in [4.69, 9.17) is 9.47 Å². The number of rotatable bonds is 6. The van der Waals surface area contributed by atoms with Crippen molar-refractivity contribution in [1.29, 1.82) is 0 Å². The smallest absolute Gasteiger partial charge is 0.170 e. The molecule has 1 N–H and O–H groups in total. The molecule has 1 fully saturated rings. The molecule has 1 atom stereocenters. The van der Waals surface area contributed by atoms with Crippen molar-refractivity contribution in [1.82, 2.24) is 15.1 Å². The molecule has 1 unspecified atom stereocenters. The van der Waals surface area contributed by atoms with Crippen molar-refractivity contribution >= 4 is 16.7 Å². The number of ketones is 1. The molecule has 1 saturated heterocycles. The van der Waals surface area contributed by atoms with Crippen LogP contribution in [0.2, 0.25) is 0 Å². The van der Waals surface area contributed by atoms with Crippen molar-refractivity contribution in [2.75, 3.05) is 26.7 Å². The molecule has 4 aromatic rings. The Morgan fingerprint density at radius 2 is 1.89 bits per heavy atom. The average molecular weight is 482 g/mol. The Morgan fingerprint density at radius 3 is 2.72 bits per heavy atom. The summed E-state index contributed by atoms with van der Waals surface area (Å²) in [7, 11) is 2.16. The van der Waals surface area contributed by atoms with Crippen molar-refractivity contribution in [3.05, 3.63) is 83.4 Å². The third kappa shape index (κ3) is 4.66. The molecule has 0 saturated carbocycles. The Morgan fingerprint density at radius 1 is 1.08 bits per heavy atom. The molecule has 1 aromatic heterocycles. The Hall–Kier alpha value is -3.48. The number of hydrogen-bond donors (Lipinski definition) is 1. The van der Waals surface area contributed by atoms with Crippen LogP contribution in [0.4, 0.5) is 0 Å². The zero-order chi connectivity index (χ0) is 24.5. The fraction of sp³-hybridized carbons (Fsp3) is 0.333. The number of piperidine rings is 1. The number of benzene rings is 3. The van der Waals surface area contributed by atoms with Gasteiger partial charge >= 0.3 is 0 Å². The molecule has 3 aromatic carbocycles. The lowest BCUT2D eigenvalue weighted by atomic mass is 9.92. The van der Waals surface area contributed by atoms with Gasteiger partial charge in [0.15, 0.2) is 5.78 Å². The monoisotopic (exact) mass is 481 g/mol. The third-order valence-corrected chi connectivity index (χ3v) is 7.39. The highest BCUT2D eigenvalue weighted by atomic mass is 16.5. The third-order valence-electron chi connectivity index (χ3n) is 7.39. The van der Waals surface area contributed by atoms with Crippen LogP contribution in [0.3, 0.4) is 0 Å². The topological polar surface area (TPSA) is 67.5 Å². The fourth-order valence-electron chi connectivity index (χ4n) is 5.33. The van der Waals surface area contributed by atoms with Gasteiger partial charge in [-0.2, -0.15) is 5.10 Å². The molecule has 0 radical (unpaired) electrons. The number of aromatic nitrogens is 2. The van der Waals surface area contributed by atoms with E-state index in [9.17, 15) is 4.79 Å². The Kier molecular flexibility index (Phi) is 6.30. The Bertz CT molecular complexity index is 1370. The van der Waals surface area contributed by atoms with Gasteiger partial charge in [0.25, 0.3) is 0 Å². The first-order chi connectivity index (χ1) is 17.6. The molecule has 6 rings (SSSR count). The van der Waals surface area contributed by atoms with E-state index in [-0.39, 0.29) is 11.9 Å². The highest BCUT2D eigenvalue weighted by molar-refractivity contribution is 5.94. The van der Waals surface area contributed by atoms with Gasteiger partial charge in [0, 0.05) is 30.5 Å². The van der Waals surface area contributed by atoms with Crippen LogP contribution in [-0.4, -0.2) is 53.7 Å². The molecule has 0 aliphatic carbocycles. The zero-order valence-corrected chi connectivity index (χ0v) is 20.6. The first kappa shape index (κ1) is 23.0. The first-order valence-electron chi connectivity index (χ1n) is 12.8. The van der Waals surface area contributed by atoms with Gasteiger partial charge < -0.3 is 14.4 Å². The summed E-state index contributed by atoms with van der Waals surface area (Å²) < 4.78 is 12.1. The predicted octanol–water partition coefficient (Wildman–Crippen LogP) is 5.13. The number of likely N-dealkylation sites (tertiary alicyclic amines) is 1. The number of carbonyl (C=O) groups is 1. The summed E-state index contributed by atoms with van der Waals surface area (Å²) in [4.78, 5) is 15.6. The number of ether oxygens (including phenoxy) is 2. The van der Waals surface area contributed by atoms with Gasteiger partial charge in [-0.05, 0) is 79.4 Å². The van der Waals surface area contributed by atoms with Crippen LogP contribution in [0.25, 0.3) is 22.2 Å². The largest absolute Gasteiger partial charge is 0.490 e. The second-order valence-electron chi connectivity index (χ2n) is 9.94. The van der Waals surface area contributed by atoms with Gasteiger partial charge in [-0.3, -0.25) is 9.89 Å². The average Bonchev–Trinajstić information content (AvgIpc) is 3.33. The molecule has 2 aliphatic rings. The summed E-state index contributed by atoms with van der Waals surface area (Å²) in [6.07, 6.45) is 3.07.